The topological polar surface area (TPSA) is 77.5 Å². The molecule has 0 unspecified atom stereocenters. The van der Waals surface area contributed by atoms with Gasteiger partial charge in [0.2, 0.25) is 0 Å². The third-order valence-corrected chi connectivity index (χ3v) is 2.44. The fraction of sp³-hybridized carbons (Fsp3) is 0.231. The summed E-state index contributed by atoms with van der Waals surface area (Å²) in [6.45, 7) is 1.32. The number of rotatable bonds is 5. The Balaban J connectivity index is 1.97. The molecule has 19 heavy (non-hydrogen) atoms. The molecule has 0 radical (unpaired) electrons. The normalized spacial score (nSPS) is 11.5. The Labute approximate surface area is 111 Å². The molecule has 0 bridgehead atoms. The molecule has 3 N–H and O–H groups in total. The molecule has 0 fully saturated rings. The molecule has 2 rings (SSSR count). The van der Waals surface area contributed by atoms with Crippen LogP contribution in [0.2, 0.25) is 0 Å². The number of nitrogens with one attached hydrogen (secondary N) is 1. The Hall–Kier alpha value is -2.34. The zero-order valence-electron chi connectivity index (χ0n) is 10.8. The van der Waals surface area contributed by atoms with Gasteiger partial charge in [-0.25, -0.2) is 4.99 Å². The van der Waals surface area contributed by atoms with Crippen molar-refractivity contribution in [3.05, 3.63) is 42.7 Å². The number of aliphatic imine (C=N–C) groups is 1. The summed E-state index contributed by atoms with van der Waals surface area (Å²) in [6, 6.07) is 9.53. The number of hydrogen-bond acceptors (Lipinski definition) is 3. The maximum absolute atomic E-state index is 5.82. The summed E-state index contributed by atoms with van der Waals surface area (Å²) in [5.41, 5.74) is 7.43. The van der Waals surface area contributed by atoms with Crippen molar-refractivity contribution in [2.45, 2.75) is 6.54 Å². The fourth-order valence-corrected chi connectivity index (χ4v) is 1.55. The van der Waals surface area contributed by atoms with E-state index in [2.05, 4.69) is 15.4 Å². The van der Waals surface area contributed by atoms with E-state index in [1.54, 1.807) is 18.0 Å². The standard InChI is InChI=1S/C13H17N5O/c1-19-8-7-18-10-12(9-15-18)17-13(14)16-11-5-3-2-4-6-11/h2-6,9-10H,7-8H2,1H3,(H3,14,16,17). The molecule has 0 atom stereocenters. The molecule has 0 spiro atoms. The molecule has 6 nitrogen and oxygen atoms in total. The molecule has 0 amide bonds. The Bertz CT molecular complexity index is 535. The van der Waals surface area contributed by atoms with Crippen LogP contribution in [0.3, 0.4) is 0 Å². The minimum atomic E-state index is 0.331. The zero-order valence-corrected chi connectivity index (χ0v) is 10.8. The summed E-state index contributed by atoms with van der Waals surface area (Å²) in [7, 11) is 1.66. The molecule has 2 aromatic rings. The van der Waals surface area contributed by atoms with Crippen LogP contribution in [0.15, 0.2) is 47.7 Å². The lowest BCUT2D eigenvalue weighted by Gasteiger charge is -2.02. The van der Waals surface area contributed by atoms with Gasteiger partial charge in [0.15, 0.2) is 5.96 Å². The molecule has 1 heterocycles. The maximum atomic E-state index is 5.82. The molecule has 0 aliphatic heterocycles. The highest BCUT2D eigenvalue weighted by molar-refractivity contribution is 5.93. The minimum Gasteiger partial charge on any atom is -0.383 e. The van der Waals surface area contributed by atoms with Crippen molar-refractivity contribution in [3.63, 3.8) is 0 Å². The van der Waals surface area contributed by atoms with E-state index in [0.29, 0.717) is 19.1 Å². The van der Waals surface area contributed by atoms with Crippen molar-refractivity contribution in [3.8, 4) is 0 Å². The molecule has 100 valence electrons. The first-order chi connectivity index (χ1) is 9.28. The highest BCUT2D eigenvalue weighted by atomic mass is 16.5. The van der Waals surface area contributed by atoms with Crippen LogP contribution in [0.25, 0.3) is 0 Å². The lowest BCUT2D eigenvalue weighted by molar-refractivity contribution is 0.183. The Morgan fingerprint density at radius 2 is 2.21 bits per heavy atom. The average Bonchev–Trinajstić information content (AvgIpc) is 2.85. The molecular weight excluding hydrogens is 242 g/mol. The number of guanidine groups is 1. The number of nitrogens with two attached hydrogens (primary N) is 1. The highest BCUT2D eigenvalue weighted by Crippen LogP contribution is 2.10. The van der Waals surface area contributed by atoms with E-state index in [1.165, 1.54) is 0 Å². The molecule has 1 aromatic heterocycles. The van der Waals surface area contributed by atoms with Gasteiger partial charge in [-0.15, -0.1) is 0 Å². The van der Waals surface area contributed by atoms with Crippen LogP contribution in [0.1, 0.15) is 0 Å². The van der Waals surface area contributed by atoms with Gasteiger partial charge < -0.3 is 15.8 Å². The number of nitrogens with zero attached hydrogens (tertiary/aromatic N) is 3. The first-order valence-corrected chi connectivity index (χ1v) is 5.95. The van der Waals surface area contributed by atoms with Crippen LogP contribution in [-0.2, 0) is 11.3 Å². The van der Waals surface area contributed by atoms with Crippen LogP contribution in [0.4, 0.5) is 11.4 Å². The SMILES string of the molecule is COCCn1cc(NC(N)=Nc2ccccc2)cn1. The van der Waals surface area contributed by atoms with Crippen molar-refractivity contribution in [1.29, 1.82) is 0 Å². The fourth-order valence-electron chi connectivity index (χ4n) is 1.55. The molecule has 0 saturated carbocycles. The quantitative estimate of drug-likeness (QED) is 0.631. The number of ether oxygens (including phenoxy) is 1. The van der Waals surface area contributed by atoms with E-state index < -0.39 is 0 Å². The highest BCUT2D eigenvalue weighted by Gasteiger charge is 2.00. The number of aromatic nitrogens is 2. The predicted molar refractivity (Wildman–Crippen MR) is 75.5 cm³/mol. The lowest BCUT2D eigenvalue weighted by Crippen LogP contribution is -2.21. The average molecular weight is 259 g/mol. The van der Waals surface area contributed by atoms with Gasteiger partial charge in [0.05, 0.1) is 30.7 Å². The lowest BCUT2D eigenvalue weighted by atomic mass is 10.3. The van der Waals surface area contributed by atoms with Crippen molar-refractivity contribution in [1.82, 2.24) is 9.78 Å². The van der Waals surface area contributed by atoms with Gasteiger partial charge >= 0.3 is 0 Å². The van der Waals surface area contributed by atoms with Gasteiger partial charge in [-0.3, -0.25) is 4.68 Å². The summed E-state index contributed by atoms with van der Waals surface area (Å²) in [5.74, 6) is 0.331. The second-order valence-corrected chi connectivity index (χ2v) is 3.94. The monoisotopic (exact) mass is 259 g/mol. The van der Waals surface area contributed by atoms with Crippen molar-refractivity contribution < 1.29 is 4.74 Å². The molecule has 6 heteroatoms. The number of benzene rings is 1. The van der Waals surface area contributed by atoms with Crippen LogP contribution >= 0.6 is 0 Å². The smallest absolute Gasteiger partial charge is 0.198 e. The number of methoxy groups -OCH3 is 1. The van der Waals surface area contributed by atoms with Crippen molar-refractivity contribution in [2.24, 2.45) is 10.7 Å². The second-order valence-electron chi connectivity index (χ2n) is 3.94. The third-order valence-electron chi connectivity index (χ3n) is 2.44. The molecule has 1 aromatic carbocycles. The van der Waals surface area contributed by atoms with E-state index in [4.69, 9.17) is 10.5 Å². The summed E-state index contributed by atoms with van der Waals surface area (Å²) in [5, 5.41) is 7.17. The molecule has 0 aliphatic carbocycles. The Morgan fingerprint density at radius 3 is 2.95 bits per heavy atom. The van der Waals surface area contributed by atoms with E-state index in [-0.39, 0.29) is 0 Å². The van der Waals surface area contributed by atoms with Gasteiger partial charge in [0.1, 0.15) is 0 Å². The summed E-state index contributed by atoms with van der Waals surface area (Å²) >= 11 is 0. The Kier molecular flexibility index (Phi) is 4.52. The first-order valence-electron chi connectivity index (χ1n) is 5.95. The molecule has 0 aliphatic rings. The van der Waals surface area contributed by atoms with Gasteiger partial charge in [-0.2, -0.15) is 5.10 Å². The zero-order chi connectivity index (χ0) is 13.5. The number of hydrogen-bond donors (Lipinski definition) is 2. The largest absolute Gasteiger partial charge is 0.383 e. The first kappa shape index (κ1) is 13.1. The third kappa shape index (κ3) is 4.11. The van der Waals surface area contributed by atoms with E-state index in [0.717, 1.165) is 11.4 Å². The second kappa shape index (κ2) is 6.55. The minimum absolute atomic E-state index is 0.331. The van der Waals surface area contributed by atoms with E-state index in [1.807, 2.05) is 36.5 Å². The van der Waals surface area contributed by atoms with Crippen molar-refractivity contribution >= 4 is 17.3 Å². The number of anilines is 1. The van der Waals surface area contributed by atoms with Crippen molar-refractivity contribution in [2.75, 3.05) is 19.0 Å². The molecular formula is C13H17N5O. The van der Waals surface area contributed by atoms with Crippen LogP contribution in [0, 0.1) is 0 Å². The van der Waals surface area contributed by atoms with Gasteiger partial charge in [0.25, 0.3) is 0 Å². The summed E-state index contributed by atoms with van der Waals surface area (Å²) in [4.78, 5) is 4.25. The molecule has 0 saturated heterocycles. The van der Waals surface area contributed by atoms with Gasteiger partial charge in [-0.05, 0) is 12.1 Å². The van der Waals surface area contributed by atoms with E-state index >= 15 is 0 Å². The van der Waals surface area contributed by atoms with Crippen LogP contribution in [-0.4, -0.2) is 29.5 Å². The summed E-state index contributed by atoms with van der Waals surface area (Å²) in [6.07, 6.45) is 3.55. The van der Waals surface area contributed by atoms with Crippen LogP contribution < -0.4 is 11.1 Å². The van der Waals surface area contributed by atoms with Gasteiger partial charge in [-0.1, -0.05) is 18.2 Å². The van der Waals surface area contributed by atoms with E-state index in [9.17, 15) is 0 Å². The van der Waals surface area contributed by atoms with Gasteiger partial charge in [0, 0.05) is 13.3 Å². The summed E-state index contributed by atoms with van der Waals surface area (Å²) < 4.78 is 6.76. The Morgan fingerprint density at radius 1 is 1.42 bits per heavy atom. The van der Waals surface area contributed by atoms with Crippen LogP contribution in [0.5, 0.6) is 0 Å². The number of para-hydroxylation sites is 1. The predicted octanol–water partition coefficient (Wildman–Crippen LogP) is 1.59. The maximum Gasteiger partial charge on any atom is 0.198 e.